The molecule has 0 spiro atoms. The van der Waals surface area contributed by atoms with Crippen LogP contribution in [-0.2, 0) is 0 Å². The van der Waals surface area contributed by atoms with Crippen LogP contribution in [-0.4, -0.2) is 0 Å². The Labute approximate surface area is 96.5 Å². The Kier molecular flexibility index (Phi) is 10.3. The molecule has 0 radical (unpaired) electrons. The van der Waals surface area contributed by atoms with Crippen molar-refractivity contribution < 1.29 is 4.39 Å². The normalized spacial score (nSPS) is 7.60. The number of hydrogen-bond donors (Lipinski definition) is 0. The largest absolute Gasteiger partial charge is 0.204 e. The number of hydrogen-bond acceptors (Lipinski definition) is 1. The van der Waals surface area contributed by atoms with Crippen LogP contribution in [0.15, 0.2) is 12.1 Å². The monoisotopic (exact) mass is 229 g/mol. The summed E-state index contributed by atoms with van der Waals surface area (Å²) in [5.74, 6) is -0.630. The van der Waals surface area contributed by atoms with E-state index in [4.69, 9.17) is 16.9 Å². The lowest BCUT2D eigenvalue weighted by Gasteiger charge is -1.98. The Morgan fingerprint density at radius 3 is 2.07 bits per heavy atom. The molecule has 15 heavy (non-hydrogen) atoms. The molecule has 0 saturated heterocycles. The third-order valence-corrected chi connectivity index (χ3v) is 1.86. The lowest BCUT2D eigenvalue weighted by Crippen LogP contribution is -1.87. The summed E-state index contributed by atoms with van der Waals surface area (Å²) >= 11 is 5.54. The summed E-state index contributed by atoms with van der Waals surface area (Å²) in [6, 6.07) is 4.73. The summed E-state index contributed by atoms with van der Waals surface area (Å²) in [6.07, 6.45) is 0. The molecule has 0 bridgehead atoms. The first-order chi connectivity index (χ1) is 7.16. The van der Waals surface area contributed by atoms with Crippen molar-refractivity contribution in [2.45, 2.75) is 34.6 Å². The number of benzene rings is 1. The Morgan fingerprint density at radius 2 is 1.67 bits per heavy atom. The summed E-state index contributed by atoms with van der Waals surface area (Å²) in [4.78, 5) is 0. The van der Waals surface area contributed by atoms with Gasteiger partial charge >= 0.3 is 0 Å². The predicted octanol–water partition coefficient (Wildman–Crippen LogP) is 4.71. The van der Waals surface area contributed by atoms with Crippen molar-refractivity contribution >= 4 is 11.6 Å². The van der Waals surface area contributed by atoms with Crippen molar-refractivity contribution in [2.75, 3.05) is 0 Å². The van der Waals surface area contributed by atoms with Crippen LogP contribution in [0.25, 0.3) is 0 Å². The zero-order valence-electron chi connectivity index (χ0n) is 9.86. The van der Waals surface area contributed by atoms with Crippen LogP contribution in [0.3, 0.4) is 0 Å². The average molecular weight is 230 g/mol. The molecule has 0 heterocycles. The topological polar surface area (TPSA) is 23.8 Å². The SMILES string of the molecule is CC.CC.Cc1ccc(C#N)c(F)c1Cl. The Bertz CT molecular complexity index is 329. The first-order valence-electron chi connectivity index (χ1n) is 5.01. The van der Waals surface area contributed by atoms with E-state index in [1.54, 1.807) is 19.1 Å². The standard InChI is InChI=1S/C8H5ClFN.2C2H6/c1-5-2-3-6(4-11)8(10)7(5)9;2*1-2/h2-3H,1H3;2*1-2H3. The van der Waals surface area contributed by atoms with Gasteiger partial charge in [0.05, 0.1) is 10.6 Å². The van der Waals surface area contributed by atoms with E-state index in [9.17, 15) is 4.39 Å². The van der Waals surface area contributed by atoms with Gasteiger partial charge in [-0.1, -0.05) is 45.4 Å². The molecule has 0 aliphatic carbocycles. The van der Waals surface area contributed by atoms with E-state index in [0.29, 0.717) is 5.56 Å². The predicted molar refractivity (Wildman–Crippen MR) is 63.6 cm³/mol. The number of halogens is 2. The molecule has 0 aromatic heterocycles. The molecular weight excluding hydrogens is 213 g/mol. The quantitative estimate of drug-likeness (QED) is 0.632. The molecular formula is C12H17ClFN. The van der Waals surface area contributed by atoms with E-state index in [1.165, 1.54) is 6.07 Å². The van der Waals surface area contributed by atoms with Crippen molar-refractivity contribution in [1.29, 1.82) is 5.26 Å². The summed E-state index contributed by atoms with van der Waals surface area (Å²) in [5, 5.41) is 8.42. The van der Waals surface area contributed by atoms with Gasteiger partial charge in [-0.15, -0.1) is 0 Å². The molecule has 84 valence electrons. The molecule has 1 nitrogen and oxygen atoms in total. The summed E-state index contributed by atoms with van der Waals surface area (Å²) in [7, 11) is 0. The zero-order valence-corrected chi connectivity index (χ0v) is 10.6. The van der Waals surface area contributed by atoms with Crippen molar-refractivity contribution in [3.05, 3.63) is 34.1 Å². The molecule has 0 amide bonds. The number of nitriles is 1. The molecule has 0 atom stereocenters. The van der Waals surface area contributed by atoms with Crippen LogP contribution in [0.4, 0.5) is 4.39 Å². The fourth-order valence-corrected chi connectivity index (χ4v) is 0.897. The highest BCUT2D eigenvalue weighted by Gasteiger charge is 2.07. The second kappa shape index (κ2) is 9.48. The van der Waals surface area contributed by atoms with Gasteiger partial charge in [0.15, 0.2) is 5.82 Å². The average Bonchev–Trinajstić information content (AvgIpc) is 2.32. The van der Waals surface area contributed by atoms with Crippen molar-refractivity contribution in [3.63, 3.8) is 0 Å². The van der Waals surface area contributed by atoms with Crippen LogP contribution in [0, 0.1) is 24.1 Å². The van der Waals surface area contributed by atoms with E-state index >= 15 is 0 Å². The minimum atomic E-state index is -0.630. The van der Waals surface area contributed by atoms with Crippen LogP contribution in [0.2, 0.25) is 5.02 Å². The van der Waals surface area contributed by atoms with E-state index in [0.717, 1.165) is 0 Å². The first kappa shape index (κ1) is 16.4. The van der Waals surface area contributed by atoms with E-state index in [2.05, 4.69) is 0 Å². The van der Waals surface area contributed by atoms with Crippen LogP contribution in [0.1, 0.15) is 38.8 Å². The lowest BCUT2D eigenvalue weighted by molar-refractivity contribution is 0.623. The van der Waals surface area contributed by atoms with Gasteiger partial charge < -0.3 is 0 Å². The van der Waals surface area contributed by atoms with Crippen LogP contribution in [0.5, 0.6) is 0 Å². The van der Waals surface area contributed by atoms with E-state index in [-0.39, 0.29) is 10.6 Å². The second-order valence-corrected chi connectivity index (χ2v) is 2.55. The van der Waals surface area contributed by atoms with E-state index < -0.39 is 5.82 Å². The fraction of sp³-hybridized carbons (Fsp3) is 0.417. The second-order valence-electron chi connectivity index (χ2n) is 2.17. The van der Waals surface area contributed by atoms with Gasteiger partial charge in [-0.3, -0.25) is 0 Å². The maximum absolute atomic E-state index is 12.9. The van der Waals surface area contributed by atoms with Gasteiger partial charge in [0.2, 0.25) is 0 Å². The van der Waals surface area contributed by atoms with Crippen molar-refractivity contribution in [2.24, 2.45) is 0 Å². The summed E-state index contributed by atoms with van der Waals surface area (Å²) in [6.45, 7) is 9.69. The zero-order chi connectivity index (χ0) is 12.4. The maximum Gasteiger partial charge on any atom is 0.159 e. The lowest BCUT2D eigenvalue weighted by atomic mass is 10.1. The van der Waals surface area contributed by atoms with Crippen molar-refractivity contribution in [1.82, 2.24) is 0 Å². The molecule has 0 unspecified atom stereocenters. The van der Waals surface area contributed by atoms with Crippen molar-refractivity contribution in [3.8, 4) is 6.07 Å². The van der Waals surface area contributed by atoms with E-state index in [1.807, 2.05) is 27.7 Å². The highest BCUT2D eigenvalue weighted by molar-refractivity contribution is 6.31. The third-order valence-electron chi connectivity index (χ3n) is 1.40. The number of aryl methyl sites for hydroxylation is 1. The maximum atomic E-state index is 12.9. The minimum absolute atomic E-state index is 0.0133. The highest BCUT2D eigenvalue weighted by Crippen LogP contribution is 2.21. The molecule has 1 aromatic rings. The summed E-state index contributed by atoms with van der Waals surface area (Å²) < 4.78 is 12.9. The fourth-order valence-electron chi connectivity index (χ4n) is 0.732. The summed E-state index contributed by atoms with van der Waals surface area (Å²) in [5.41, 5.74) is 0.628. The Hall–Kier alpha value is -1.07. The first-order valence-corrected chi connectivity index (χ1v) is 5.39. The molecule has 0 saturated carbocycles. The molecule has 1 rings (SSSR count). The smallest absolute Gasteiger partial charge is 0.159 e. The highest BCUT2D eigenvalue weighted by atomic mass is 35.5. The van der Waals surface area contributed by atoms with Gasteiger partial charge in [-0.05, 0) is 18.6 Å². The third kappa shape index (κ3) is 4.80. The van der Waals surface area contributed by atoms with Gasteiger partial charge in [0.25, 0.3) is 0 Å². The van der Waals surface area contributed by atoms with Crippen LogP contribution < -0.4 is 0 Å². The minimum Gasteiger partial charge on any atom is -0.204 e. The number of nitrogens with zero attached hydrogens (tertiary/aromatic N) is 1. The van der Waals surface area contributed by atoms with Crippen LogP contribution >= 0.6 is 11.6 Å². The molecule has 0 aliphatic rings. The number of rotatable bonds is 0. The van der Waals surface area contributed by atoms with Gasteiger partial charge in [-0.25, -0.2) is 4.39 Å². The van der Waals surface area contributed by atoms with Gasteiger partial charge in [0, 0.05) is 0 Å². The molecule has 0 fully saturated rings. The Balaban J connectivity index is 0. The molecule has 0 aliphatic heterocycles. The van der Waals surface area contributed by atoms with Gasteiger partial charge in [-0.2, -0.15) is 5.26 Å². The molecule has 3 heteroatoms. The molecule has 0 N–H and O–H groups in total. The molecule has 1 aromatic carbocycles. The Morgan fingerprint density at radius 1 is 1.20 bits per heavy atom. The van der Waals surface area contributed by atoms with Gasteiger partial charge in [0.1, 0.15) is 6.07 Å².